The summed E-state index contributed by atoms with van der Waals surface area (Å²) in [6, 6.07) is 10.2. The van der Waals surface area contributed by atoms with E-state index in [1.54, 1.807) is 0 Å². The summed E-state index contributed by atoms with van der Waals surface area (Å²) in [4.78, 5) is 8.24. The molecule has 0 fully saturated rings. The average Bonchev–Trinajstić information content (AvgIpc) is 3.09. The fourth-order valence-electron chi connectivity index (χ4n) is 4.36. The van der Waals surface area contributed by atoms with Crippen molar-refractivity contribution >= 4 is 74.2 Å². The minimum Gasteiger partial charge on any atom is -0.383 e. The van der Waals surface area contributed by atoms with Crippen molar-refractivity contribution in [1.82, 2.24) is 4.57 Å². The van der Waals surface area contributed by atoms with Crippen molar-refractivity contribution in [3.05, 3.63) is 63.1 Å². The summed E-state index contributed by atoms with van der Waals surface area (Å²) in [6.45, 7) is 2.04. The maximum atomic E-state index is 6.39. The summed E-state index contributed by atoms with van der Waals surface area (Å²) in [5.41, 5.74) is 26.2. The second-order valence-corrected chi connectivity index (χ2v) is 9.47. The standard InChI is InChI=1S/C24H27Cl3N8/c25-14-2-4-21-16(10-14)17-11-15(13-1-3-18(26)19(27)9-13)20(32-5-6-33-23(28)29)12-22(17)35(21)8-7-34-24(30)31/h2-4,9-13,32H,1,5-8H2,(H4,28,29,33)(H4,30,31,34). The number of anilines is 1. The number of allylic oxidation sites excluding steroid dienone is 4. The van der Waals surface area contributed by atoms with Crippen molar-refractivity contribution in [1.29, 1.82) is 0 Å². The number of hydrogen-bond donors (Lipinski definition) is 5. The second kappa shape index (κ2) is 10.7. The van der Waals surface area contributed by atoms with E-state index in [4.69, 9.17) is 57.7 Å². The van der Waals surface area contributed by atoms with Crippen LogP contribution < -0.4 is 28.3 Å². The normalized spacial score (nSPS) is 15.6. The van der Waals surface area contributed by atoms with Gasteiger partial charge in [0.25, 0.3) is 0 Å². The third-order valence-electron chi connectivity index (χ3n) is 5.86. The number of rotatable bonds is 8. The van der Waals surface area contributed by atoms with E-state index in [1.165, 1.54) is 0 Å². The first-order valence-corrected chi connectivity index (χ1v) is 12.2. The van der Waals surface area contributed by atoms with Crippen LogP contribution in [0, 0.1) is 0 Å². The summed E-state index contributed by atoms with van der Waals surface area (Å²) in [5.74, 6) is 0.158. The third kappa shape index (κ3) is 5.61. The zero-order valence-electron chi connectivity index (χ0n) is 18.9. The van der Waals surface area contributed by atoms with Crippen LogP contribution in [0.15, 0.2) is 62.5 Å². The van der Waals surface area contributed by atoms with Crippen LogP contribution in [-0.2, 0) is 6.54 Å². The molecule has 0 radical (unpaired) electrons. The first kappa shape index (κ1) is 25.0. The van der Waals surface area contributed by atoms with Gasteiger partial charge < -0.3 is 32.8 Å². The van der Waals surface area contributed by atoms with Crippen molar-refractivity contribution < 1.29 is 0 Å². The molecule has 4 rings (SSSR count). The molecule has 1 atom stereocenters. The van der Waals surface area contributed by atoms with Crippen molar-refractivity contribution in [3.8, 4) is 0 Å². The van der Waals surface area contributed by atoms with Gasteiger partial charge in [-0.1, -0.05) is 47.0 Å². The number of halogens is 3. The van der Waals surface area contributed by atoms with Gasteiger partial charge in [-0.25, -0.2) is 0 Å². The molecule has 8 nitrogen and oxygen atoms in total. The van der Waals surface area contributed by atoms with E-state index in [9.17, 15) is 0 Å². The Morgan fingerprint density at radius 2 is 1.63 bits per heavy atom. The van der Waals surface area contributed by atoms with E-state index < -0.39 is 0 Å². The molecular formula is C24H27Cl3N8. The number of aromatic nitrogens is 1. The number of nitrogens with one attached hydrogen (secondary N) is 1. The number of hydrogen-bond acceptors (Lipinski definition) is 3. The second-order valence-electron chi connectivity index (χ2n) is 8.22. The van der Waals surface area contributed by atoms with Crippen molar-refractivity contribution in [2.45, 2.75) is 18.9 Å². The van der Waals surface area contributed by atoms with Gasteiger partial charge in [-0.2, -0.15) is 0 Å². The molecule has 0 saturated carbocycles. The molecule has 0 aliphatic heterocycles. The molecular weight excluding hydrogens is 507 g/mol. The molecule has 184 valence electrons. The number of fused-ring (bicyclic) bond motifs is 3. The predicted octanol–water partition coefficient (Wildman–Crippen LogP) is 4.14. The van der Waals surface area contributed by atoms with Crippen molar-refractivity contribution in [2.24, 2.45) is 32.9 Å². The lowest BCUT2D eigenvalue weighted by Gasteiger charge is -2.21. The van der Waals surface area contributed by atoms with Crippen LogP contribution >= 0.6 is 34.8 Å². The van der Waals surface area contributed by atoms with E-state index in [1.807, 2.05) is 30.4 Å². The lowest BCUT2D eigenvalue weighted by Crippen LogP contribution is -2.24. The average molecular weight is 534 g/mol. The van der Waals surface area contributed by atoms with Gasteiger partial charge in [-0.3, -0.25) is 9.98 Å². The Morgan fingerprint density at radius 3 is 2.34 bits per heavy atom. The lowest BCUT2D eigenvalue weighted by molar-refractivity contribution is 0.757. The Morgan fingerprint density at radius 1 is 0.914 bits per heavy atom. The van der Waals surface area contributed by atoms with Crippen molar-refractivity contribution in [3.63, 3.8) is 0 Å². The molecule has 0 amide bonds. The maximum Gasteiger partial charge on any atom is 0.185 e. The van der Waals surface area contributed by atoms with E-state index in [2.05, 4.69) is 32.0 Å². The van der Waals surface area contributed by atoms with Crippen LogP contribution in [0.4, 0.5) is 5.69 Å². The maximum absolute atomic E-state index is 6.39. The monoisotopic (exact) mass is 532 g/mol. The minimum atomic E-state index is 0.0409. The van der Waals surface area contributed by atoms with Crippen LogP contribution in [0.1, 0.15) is 17.9 Å². The quantitative estimate of drug-likeness (QED) is 0.168. The molecule has 1 aliphatic rings. The Hall–Kier alpha value is -3.07. The zero-order chi connectivity index (χ0) is 25.1. The summed E-state index contributed by atoms with van der Waals surface area (Å²) in [6.07, 6.45) is 4.65. The van der Waals surface area contributed by atoms with E-state index in [-0.39, 0.29) is 17.8 Å². The van der Waals surface area contributed by atoms with Crippen LogP contribution in [-0.4, -0.2) is 36.1 Å². The Labute approximate surface area is 218 Å². The van der Waals surface area contributed by atoms with Gasteiger partial charge in [0.05, 0.1) is 28.7 Å². The highest BCUT2D eigenvalue weighted by molar-refractivity contribution is 6.44. The van der Waals surface area contributed by atoms with Crippen LogP contribution in [0.5, 0.6) is 0 Å². The molecule has 9 N–H and O–H groups in total. The largest absolute Gasteiger partial charge is 0.383 e. The van der Waals surface area contributed by atoms with Gasteiger partial charge in [0.1, 0.15) is 0 Å². The lowest BCUT2D eigenvalue weighted by atomic mass is 9.90. The third-order valence-corrected chi connectivity index (χ3v) is 6.88. The van der Waals surface area contributed by atoms with Gasteiger partial charge >= 0.3 is 0 Å². The van der Waals surface area contributed by atoms with Crippen LogP contribution in [0.25, 0.3) is 21.8 Å². The molecule has 1 aliphatic carbocycles. The van der Waals surface area contributed by atoms with Gasteiger partial charge in [0, 0.05) is 46.0 Å². The summed E-state index contributed by atoms with van der Waals surface area (Å²) < 4.78 is 2.19. The molecule has 1 unspecified atom stereocenters. The van der Waals surface area contributed by atoms with Gasteiger partial charge in [0.15, 0.2) is 11.9 Å². The zero-order valence-corrected chi connectivity index (χ0v) is 21.2. The van der Waals surface area contributed by atoms with Gasteiger partial charge in [0.2, 0.25) is 0 Å². The van der Waals surface area contributed by atoms with E-state index in [0.717, 1.165) is 39.5 Å². The molecule has 11 heteroatoms. The fraction of sp³-hybridized carbons (Fsp3) is 0.250. The van der Waals surface area contributed by atoms with Gasteiger partial charge in [-0.05, 0) is 42.3 Å². The first-order chi connectivity index (χ1) is 16.7. The predicted molar refractivity (Wildman–Crippen MR) is 150 cm³/mol. The first-order valence-electron chi connectivity index (χ1n) is 11.1. The molecule has 0 spiro atoms. The van der Waals surface area contributed by atoms with E-state index in [0.29, 0.717) is 41.3 Å². The highest BCUT2D eigenvalue weighted by atomic mass is 35.5. The fourth-order valence-corrected chi connectivity index (χ4v) is 4.91. The van der Waals surface area contributed by atoms with Crippen molar-refractivity contribution in [2.75, 3.05) is 25.0 Å². The molecule has 35 heavy (non-hydrogen) atoms. The highest BCUT2D eigenvalue weighted by Crippen LogP contribution is 2.41. The van der Waals surface area contributed by atoms with Gasteiger partial charge in [-0.15, -0.1) is 0 Å². The van der Waals surface area contributed by atoms with Crippen LogP contribution in [0.2, 0.25) is 5.02 Å². The molecule has 3 aromatic rings. The molecule has 0 bridgehead atoms. The SMILES string of the molecule is NC(N)=NCCNc1cc2c(cc1C1C=C(Cl)C(Cl)=CC1)c1cc(Cl)ccc1n2CCN=C(N)N. The smallest absolute Gasteiger partial charge is 0.185 e. The minimum absolute atomic E-state index is 0.0409. The topological polar surface area (TPSA) is 146 Å². The Balaban J connectivity index is 1.87. The molecule has 0 saturated heterocycles. The van der Waals surface area contributed by atoms with E-state index >= 15 is 0 Å². The number of aliphatic imine (C=N–C) groups is 2. The highest BCUT2D eigenvalue weighted by Gasteiger charge is 2.21. The Bertz CT molecular complexity index is 1380. The Kier molecular flexibility index (Phi) is 7.64. The molecule has 2 aromatic carbocycles. The number of benzene rings is 2. The molecule has 1 aromatic heterocycles. The molecule has 1 heterocycles. The number of nitrogens with zero attached hydrogens (tertiary/aromatic N) is 3. The summed E-state index contributed by atoms with van der Waals surface area (Å²) in [5, 5.41) is 7.38. The van der Waals surface area contributed by atoms with Crippen LogP contribution in [0.3, 0.4) is 0 Å². The number of nitrogens with two attached hydrogens (primary N) is 4. The summed E-state index contributed by atoms with van der Waals surface area (Å²) in [7, 11) is 0. The number of guanidine groups is 2. The summed E-state index contributed by atoms with van der Waals surface area (Å²) >= 11 is 19.0.